The molecular formula is C8H12N2O. The van der Waals surface area contributed by atoms with Crippen molar-refractivity contribution in [3.63, 3.8) is 0 Å². The van der Waals surface area contributed by atoms with Crippen molar-refractivity contribution in [3.05, 3.63) is 34.2 Å². The van der Waals surface area contributed by atoms with Gasteiger partial charge in [0.2, 0.25) is 0 Å². The van der Waals surface area contributed by atoms with Crippen LogP contribution in [-0.4, -0.2) is 4.68 Å². The van der Waals surface area contributed by atoms with Gasteiger partial charge in [0.25, 0.3) is 5.56 Å². The average Bonchev–Trinajstić information content (AvgIpc) is 1.94. The molecule has 0 bridgehead atoms. The predicted octanol–water partition coefficient (Wildman–Crippen LogP) is 0.686. The number of rotatable bonds is 1. The molecule has 0 aliphatic carbocycles. The van der Waals surface area contributed by atoms with Gasteiger partial charge in [-0.2, -0.15) is 0 Å². The summed E-state index contributed by atoms with van der Waals surface area (Å²) in [4.78, 5) is 11.0. The smallest absolute Gasteiger partial charge is 0.268 e. The Morgan fingerprint density at radius 1 is 1.45 bits per heavy atom. The molecule has 3 nitrogen and oxygen atoms in total. The SMILES string of the molecule is CC(C)c1cccc(=O)n1N. The van der Waals surface area contributed by atoms with Gasteiger partial charge in [0.15, 0.2) is 0 Å². The first-order valence-electron chi connectivity index (χ1n) is 3.60. The number of nitrogens with two attached hydrogens (primary N) is 1. The van der Waals surface area contributed by atoms with Crippen LogP contribution in [0.2, 0.25) is 0 Å². The van der Waals surface area contributed by atoms with E-state index < -0.39 is 0 Å². The highest BCUT2D eigenvalue weighted by Crippen LogP contribution is 2.08. The van der Waals surface area contributed by atoms with Crippen molar-refractivity contribution < 1.29 is 0 Å². The first kappa shape index (κ1) is 7.85. The van der Waals surface area contributed by atoms with Crippen molar-refractivity contribution in [1.29, 1.82) is 0 Å². The maximum absolute atomic E-state index is 11.0. The third-order valence-corrected chi connectivity index (χ3v) is 1.61. The second-order valence-electron chi connectivity index (χ2n) is 2.81. The fourth-order valence-corrected chi connectivity index (χ4v) is 0.987. The largest absolute Gasteiger partial charge is 0.336 e. The number of aromatic nitrogens is 1. The van der Waals surface area contributed by atoms with E-state index in [0.29, 0.717) is 0 Å². The molecule has 1 heterocycles. The van der Waals surface area contributed by atoms with E-state index in [1.54, 1.807) is 6.07 Å². The Labute approximate surface area is 65.4 Å². The monoisotopic (exact) mass is 152 g/mol. The standard InChI is InChI=1S/C8H12N2O/c1-6(2)7-4-3-5-8(11)10(7)9/h3-6H,9H2,1-2H3. The fraction of sp³-hybridized carbons (Fsp3) is 0.375. The van der Waals surface area contributed by atoms with E-state index in [1.807, 2.05) is 19.9 Å². The van der Waals surface area contributed by atoms with E-state index in [2.05, 4.69) is 0 Å². The zero-order chi connectivity index (χ0) is 8.43. The first-order chi connectivity index (χ1) is 5.13. The van der Waals surface area contributed by atoms with Gasteiger partial charge in [0, 0.05) is 11.8 Å². The van der Waals surface area contributed by atoms with E-state index in [4.69, 9.17) is 5.84 Å². The molecule has 0 saturated carbocycles. The van der Waals surface area contributed by atoms with Crippen molar-refractivity contribution in [1.82, 2.24) is 4.68 Å². The van der Waals surface area contributed by atoms with Gasteiger partial charge < -0.3 is 5.84 Å². The topological polar surface area (TPSA) is 48.0 Å². The highest BCUT2D eigenvalue weighted by molar-refractivity contribution is 5.10. The Kier molecular flexibility index (Phi) is 1.98. The summed E-state index contributed by atoms with van der Waals surface area (Å²) in [5.74, 6) is 5.77. The third-order valence-electron chi connectivity index (χ3n) is 1.61. The summed E-state index contributed by atoms with van der Waals surface area (Å²) in [5, 5.41) is 0. The minimum absolute atomic E-state index is 0.156. The minimum atomic E-state index is -0.156. The van der Waals surface area contributed by atoms with Gasteiger partial charge in [-0.15, -0.1) is 0 Å². The van der Waals surface area contributed by atoms with E-state index in [0.717, 1.165) is 5.69 Å². The zero-order valence-electron chi connectivity index (χ0n) is 6.74. The molecule has 3 heteroatoms. The van der Waals surface area contributed by atoms with Crippen LogP contribution in [0.5, 0.6) is 0 Å². The molecular weight excluding hydrogens is 140 g/mol. The second kappa shape index (κ2) is 2.78. The molecule has 0 atom stereocenters. The molecule has 0 fully saturated rings. The molecule has 0 saturated heterocycles. The lowest BCUT2D eigenvalue weighted by Gasteiger charge is -2.09. The summed E-state index contributed by atoms with van der Waals surface area (Å²) in [5.41, 5.74) is 0.703. The lowest BCUT2D eigenvalue weighted by molar-refractivity contribution is 0.738. The molecule has 0 unspecified atom stereocenters. The Balaban J connectivity index is 3.28. The van der Waals surface area contributed by atoms with Gasteiger partial charge >= 0.3 is 0 Å². The number of hydrogen-bond acceptors (Lipinski definition) is 2. The molecule has 11 heavy (non-hydrogen) atoms. The quantitative estimate of drug-likeness (QED) is 0.602. The fourth-order valence-electron chi connectivity index (χ4n) is 0.987. The van der Waals surface area contributed by atoms with Gasteiger partial charge in [0.05, 0.1) is 0 Å². The molecule has 0 aromatic carbocycles. The van der Waals surface area contributed by atoms with Crippen LogP contribution in [0.3, 0.4) is 0 Å². The summed E-state index contributed by atoms with van der Waals surface area (Å²) in [7, 11) is 0. The van der Waals surface area contributed by atoms with Gasteiger partial charge in [0.1, 0.15) is 0 Å². The maximum atomic E-state index is 11.0. The highest BCUT2D eigenvalue weighted by Gasteiger charge is 2.02. The number of hydrogen-bond donors (Lipinski definition) is 1. The first-order valence-corrected chi connectivity index (χ1v) is 3.60. The molecule has 0 aliphatic rings. The van der Waals surface area contributed by atoms with Gasteiger partial charge in [-0.1, -0.05) is 19.9 Å². The molecule has 0 aliphatic heterocycles. The summed E-state index contributed by atoms with van der Waals surface area (Å²) < 4.78 is 1.19. The van der Waals surface area contributed by atoms with Crippen LogP contribution in [0.15, 0.2) is 23.0 Å². The molecule has 0 radical (unpaired) electrons. The van der Waals surface area contributed by atoms with E-state index in [-0.39, 0.29) is 11.5 Å². The molecule has 0 amide bonds. The molecule has 1 aromatic heterocycles. The summed E-state index contributed by atoms with van der Waals surface area (Å²) >= 11 is 0. The Bertz CT molecular complexity index is 301. The maximum Gasteiger partial charge on any atom is 0.268 e. The number of pyridine rings is 1. The lowest BCUT2D eigenvalue weighted by atomic mass is 10.1. The zero-order valence-corrected chi connectivity index (χ0v) is 6.74. The Hall–Kier alpha value is -1.25. The molecule has 1 rings (SSSR count). The van der Waals surface area contributed by atoms with Crippen LogP contribution in [0.4, 0.5) is 0 Å². The van der Waals surface area contributed by atoms with Crippen LogP contribution >= 0.6 is 0 Å². The van der Waals surface area contributed by atoms with Crippen molar-refractivity contribution in [2.75, 3.05) is 5.84 Å². The lowest BCUT2D eigenvalue weighted by Crippen LogP contribution is -2.29. The van der Waals surface area contributed by atoms with Crippen molar-refractivity contribution in [2.45, 2.75) is 19.8 Å². The van der Waals surface area contributed by atoms with Gasteiger partial charge in [-0.25, -0.2) is 4.68 Å². The van der Waals surface area contributed by atoms with Crippen molar-refractivity contribution in [3.8, 4) is 0 Å². The van der Waals surface area contributed by atoms with E-state index >= 15 is 0 Å². The van der Waals surface area contributed by atoms with Crippen LogP contribution in [-0.2, 0) is 0 Å². The molecule has 0 spiro atoms. The van der Waals surface area contributed by atoms with Crippen LogP contribution in [0, 0.1) is 0 Å². The third kappa shape index (κ3) is 1.42. The predicted molar refractivity (Wildman–Crippen MR) is 44.9 cm³/mol. The Morgan fingerprint density at radius 3 is 2.55 bits per heavy atom. The normalized spacial score (nSPS) is 10.5. The minimum Gasteiger partial charge on any atom is -0.336 e. The number of nitrogen functional groups attached to an aromatic ring is 1. The van der Waals surface area contributed by atoms with Crippen LogP contribution < -0.4 is 11.4 Å². The average molecular weight is 152 g/mol. The molecule has 60 valence electrons. The van der Waals surface area contributed by atoms with Crippen LogP contribution in [0.25, 0.3) is 0 Å². The summed E-state index contributed by atoms with van der Waals surface area (Å²) in [6, 6.07) is 5.03. The van der Waals surface area contributed by atoms with Gasteiger partial charge in [-0.3, -0.25) is 4.79 Å². The number of nitrogens with zero attached hydrogens (tertiary/aromatic N) is 1. The molecule has 1 aromatic rings. The van der Waals surface area contributed by atoms with Crippen molar-refractivity contribution >= 4 is 0 Å². The summed E-state index contributed by atoms with van der Waals surface area (Å²) in [6.45, 7) is 4.00. The van der Waals surface area contributed by atoms with E-state index in [9.17, 15) is 4.79 Å². The second-order valence-corrected chi connectivity index (χ2v) is 2.81. The summed E-state index contributed by atoms with van der Waals surface area (Å²) in [6.07, 6.45) is 0. The Morgan fingerprint density at radius 2 is 2.09 bits per heavy atom. The molecule has 2 N–H and O–H groups in total. The van der Waals surface area contributed by atoms with Crippen molar-refractivity contribution in [2.24, 2.45) is 0 Å². The van der Waals surface area contributed by atoms with Crippen LogP contribution in [0.1, 0.15) is 25.5 Å². The van der Waals surface area contributed by atoms with E-state index in [1.165, 1.54) is 10.7 Å². The highest BCUT2D eigenvalue weighted by atomic mass is 16.1. The van der Waals surface area contributed by atoms with Gasteiger partial charge in [-0.05, 0) is 12.0 Å².